The minimum absolute atomic E-state index is 0.0161. The van der Waals surface area contributed by atoms with Crippen molar-refractivity contribution in [3.8, 4) is 10.7 Å². The van der Waals surface area contributed by atoms with Crippen LogP contribution in [0.1, 0.15) is 24.2 Å². The first-order chi connectivity index (χ1) is 11.2. The number of nitrogens with one attached hydrogen (secondary N) is 1. The van der Waals surface area contributed by atoms with E-state index in [1.54, 1.807) is 6.20 Å². The minimum Gasteiger partial charge on any atom is -0.349 e. The Labute approximate surface area is 139 Å². The second kappa shape index (κ2) is 7.15. The lowest BCUT2D eigenvalue weighted by molar-refractivity contribution is -0.121. The zero-order chi connectivity index (χ0) is 16.1. The molecule has 4 nitrogen and oxygen atoms in total. The summed E-state index contributed by atoms with van der Waals surface area (Å²) < 4.78 is 0. The Hall–Kier alpha value is -2.53. The van der Waals surface area contributed by atoms with Gasteiger partial charge in [-0.15, -0.1) is 11.3 Å². The first-order valence-corrected chi connectivity index (χ1v) is 8.30. The summed E-state index contributed by atoms with van der Waals surface area (Å²) in [6.07, 6.45) is 2.02. The number of carbonyl (C=O) groups excluding carboxylic acids is 1. The van der Waals surface area contributed by atoms with Crippen LogP contribution in [0.25, 0.3) is 10.7 Å². The van der Waals surface area contributed by atoms with Gasteiger partial charge in [0.2, 0.25) is 5.91 Å². The molecule has 0 aliphatic rings. The van der Waals surface area contributed by atoms with E-state index in [4.69, 9.17) is 0 Å². The quantitative estimate of drug-likeness (QED) is 0.780. The van der Waals surface area contributed by atoms with Crippen LogP contribution in [0.2, 0.25) is 0 Å². The van der Waals surface area contributed by atoms with Crippen molar-refractivity contribution in [3.63, 3.8) is 0 Å². The van der Waals surface area contributed by atoms with Gasteiger partial charge in [-0.1, -0.05) is 36.4 Å². The van der Waals surface area contributed by atoms with Gasteiger partial charge < -0.3 is 5.32 Å². The molecule has 1 aromatic carbocycles. The lowest BCUT2D eigenvalue weighted by Crippen LogP contribution is -2.28. The van der Waals surface area contributed by atoms with E-state index in [2.05, 4.69) is 15.3 Å². The Morgan fingerprint density at radius 1 is 1.17 bits per heavy atom. The van der Waals surface area contributed by atoms with Crippen molar-refractivity contribution in [2.45, 2.75) is 19.4 Å². The third-order valence-corrected chi connectivity index (χ3v) is 4.37. The molecule has 116 valence electrons. The maximum atomic E-state index is 12.2. The molecule has 3 rings (SSSR count). The minimum atomic E-state index is -0.0285. The van der Waals surface area contributed by atoms with E-state index in [0.717, 1.165) is 22.0 Å². The number of aromatic nitrogens is 2. The van der Waals surface area contributed by atoms with Crippen molar-refractivity contribution >= 4 is 17.2 Å². The number of rotatable bonds is 5. The smallest absolute Gasteiger partial charge is 0.226 e. The van der Waals surface area contributed by atoms with Crippen molar-refractivity contribution in [1.29, 1.82) is 0 Å². The second-order valence-electron chi connectivity index (χ2n) is 5.24. The molecule has 0 bridgehead atoms. The van der Waals surface area contributed by atoms with Gasteiger partial charge >= 0.3 is 0 Å². The largest absolute Gasteiger partial charge is 0.349 e. The lowest BCUT2D eigenvalue weighted by Gasteiger charge is -2.13. The summed E-state index contributed by atoms with van der Waals surface area (Å²) in [7, 11) is 0. The van der Waals surface area contributed by atoms with E-state index >= 15 is 0 Å². The molecule has 0 saturated carbocycles. The molecule has 0 aliphatic heterocycles. The average Bonchev–Trinajstić information content (AvgIpc) is 3.04. The van der Waals surface area contributed by atoms with Crippen molar-refractivity contribution in [1.82, 2.24) is 15.3 Å². The fraction of sp³-hybridized carbons (Fsp3) is 0.167. The lowest BCUT2D eigenvalue weighted by atomic mass is 10.1. The molecule has 5 heteroatoms. The number of benzene rings is 1. The molecule has 3 aromatic rings. The Morgan fingerprint density at radius 3 is 2.70 bits per heavy atom. The highest BCUT2D eigenvalue weighted by atomic mass is 32.1. The number of hydrogen-bond donors (Lipinski definition) is 1. The van der Waals surface area contributed by atoms with Gasteiger partial charge in [0, 0.05) is 11.6 Å². The van der Waals surface area contributed by atoms with Crippen molar-refractivity contribution in [2.75, 3.05) is 0 Å². The van der Waals surface area contributed by atoms with Crippen molar-refractivity contribution in [2.24, 2.45) is 0 Å². The Balaban J connectivity index is 1.61. The van der Waals surface area contributed by atoms with Crippen LogP contribution in [0, 0.1) is 0 Å². The average molecular weight is 323 g/mol. The van der Waals surface area contributed by atoms with Crippen molar-refractivity contribution < 1.29 is 4.79 Å². The van der Waals surface area contributed by atoms with Gasteiger partial charge in [0.25, 0.3) is 0 Å². The zero-order valence-electron chi connectivity index (χ0n) is 12.8. The summed E-state index contributed by atoms with van der Waals surface area (Å²) in [5, 5.41) is 5.75. The standard InChI is InChI=1S/C18H17N3OS/c1-13(14-7-3-2-4-8-14)20-17(22)11-15-12-23-18(21-15)16-9-5-6-10-19-16/h2-10,12-13H,11H2,1H3,(H,20,22). The molecule has 0 fully saturated rings. The summed E-state index contributed by atoms with van der Waals surface area (Å²) in [5.41, 5.74) is 2.70. The normalized spacial score (nSPS) is 11.9. The first kappa shape index (κ1) is 15.4. The van der Waals surface area contributed by atoms with Gasteiger partial charge in [-0.2, -0.15) is 0 Å². The maximum absolute atomic E-state index is 12.2. The Kier molecular flexibility index (Phi) is 4.78. The molecule has 0 radical (unpaired) electrons. The number of amides is 1. The van der Waals surface area contributed by atoms with Crippen LogP contribution in [0.5, 0.6) is 0 Å². The number of carbonyl (C=O) groups is 1. The van der Waals surface area contributed by atoms with Crippen molar-refractivity contribution in [3.05, 3.63) is 71.4 Å². The number of nitrogens with zero attached hydrogens (tertiary/aromatic N) is 2. The molecule has 23 heavy (non-hydrogen) atoms. The van der Waals surface area contributed by atoms with Crippen LogP contribution >= 0.6 is 11.3 Å². The molecule has 0 saturated heterocycles. The Morgan fingerprint density at radius 2 is 1.96 bits per heavy atom. The number of hydrogen-bond acceptors (Lipinski definition) is 4. The van der Waals surface area contributed by atoms with E-state index in [0.29, 0.717) is 0 Å². The third kappa shape index (κ3) is 4.02. The van der Waals surface area contributed by atoms with Gasteiger partial charge in [-0.25, -0.2) is 4.98 Å². The fourth-order valence-corrected chi connectivity index (χ4v) is 3.07. The summed E-state index contributed by atoms with van der Waals surface area (Å²) in [4.78, 5) is 21.0. The molecule has 1 amide bonds. The van der Waals surface area contributed by atoms with Gasteiger partial charge in [0.1, 0.15) is 5.01 Å². The Bertz CT molecular complexity index is 771. The van der Waals surface area contributed by atoms with Gasteiger partial charge in [-0.05, 0) is 24.6 Å². The molecule has 1 N–H and O–H groups in total. The van der Waals surface area contributed by atoms with Crippen LogP contribution in [0.3, 0.4) is 0 Å². The van der Waals surface area contributed by atoms with Crippen LogP contribution in [0.4, 0.5) is 0 Å². The monoisotopic (exact) mass is 323 g/mol. The molecule has 0 spiro atoms. The first-order valence-electron chi connectivity index (χ1n) is 7.42. The predicted molar refractivity (Wildman–Crippen MR) is 92.0 cm³/mol. The highest BCUT2D eigenvalue weighted by Crippen LogP contribution is 2.21. The summed E-state index contributed by atoms with van der Waals surface area (Å²) in [6, 6.07) is 15.6. The maximum Gasteiger partial charge on any atom is 0.226 e. The van der Waals surface area contributed by atoms with Crippen LogP contribution in [-0.2, 0) is 11.2 Å². The van der Waals surface area contributed by atoms with E-state index in [-0.39, 0.29) is 18.4 Å². The summed E-state index contributed by atoms with van der Waals surface area (Å²) >= 11 is 1.51. The number of pyridine rings is 1. The highest BCUT2D eigenvalue weighted by Gasteiger charge is 2.12. The van der Waals surface area contributed by atoms with Gasteiger partial charge in [0.15, 0.2) is 0 Å². The molecule has 1 atom stereocenters. The van der Waals surface area contributed by atoms with Gasteiger partial charge in [-0.3, -0.25) is 9.78 Å². The van der Waals surface area contributed by atoms with Crippen LogP contribution in [0.15, 0.2) is 60.1 Å². The highest BCUT2D eigenvalue weighted by molar-refractivity contribution is 7.13. The predicted octanol–water partition coefficient (Wildman–Crippen LogP) is 3.63. The van der Waals surface area contributed by atoms with E-state index < -0.39 is 0 Å². The molecule has 2 aromatic heterocycles. The van der Waals surface area contributed by atoms with E-state index in [1.165, 1.54) is 11.3 Å². The third-order valence-electron chi connectivity index (χ3n) is 3.45. The van der Waals surface area contributed by atoms with Crippen LogP contribution < -0.4 is 5.32 Å². The molecule has 1 unspecified atom stereocenters. The molecular formula is C18H17N3OS. The molecular weight excluding hydrogens is 306 g/mol. The molecule has 0 aliphatic carbocycles. The summed E-state index contributed by atoms with van der Waals surface area (Å²) in [5.74, 6) is -0.0285. The molecule has 2 heterocycles. The fourth-order valence-electron chi connectivity index (χ4n) is 2.28. The van der Waals surface area contributed by atoms with Gasteiger partial charge in [0.05, 0.1) is 23.9 Å². The SMILES string of the molecule is CC(NC(=O)Cc1csc(-c2ccccn2)n1)c1ccccc1. The number of thiazole rings is 1. The second-order valence-corrected chi connectivity index (χ2v) is 6.09. The van der Waals surface area contributed by atoms with E-state index in [1.807, 2.05) is 60.8 Å². The summed E-state index contributed by atoms with van der Waals surface area (Å²) in [6.45, 7) is 1.98. The van der Waals surface area contributed by atoms with Crippen LogP contribution in [-0.4, -0.2) is 15.9 Å². The van der Waals surface area contributed by atoms with E-state index in [9.17, 15) is 4.79 Å². The zero-order valence-corrected chi connectivity index (χ0v) is 13.6. The topological polar surface area (TPSA) is 54.9 Å².